The third kappa shape index (κ3) is 2.88. The monoisotopic (exact) mass is 283 g/mol. The molecule has 3 N–H and O–H groups in total. The van der Waals surface area contributed by atoms with Crippen LogP contribution in [0.2, 0.25) is 10.0 Å². The van der Waals surface area contributed by atoms with Crippen LogP contribution < -0.4 is 10.5 Å². The normalized spacial score (nSPS) is 10.4. The predicted molar refractivity (Wildman–Crippen MR) is 73.3 cm³/mol. The number of nitrogens with two attached hydrogens (primary N) is 1. The fourth-order valence-corrected chi connectivity index (χ4v) is 1.91. The summed E-state index contributed by atoms with van der Waals surface area (Å²) >= 11 is 11.8. The topological polar surface area (TPSA) is 55.5 Å². The minimum Gasteiger partial charge on any atom is -0.454 e. The summed E-state index contributed by atoms with van der Waals surface area (Å²) in [5, 5.41) is 9.93. The summed E-state index contributed by atoms with van der Waals surface area (Å²) in [7, 11) is 0. The Morgan fingerprint density at radius 3 is 2.39 bits per heavy atom. The van der Waals surface area contributed by atoms with Crippen LogP contribution in [0.25, 0.3) is 0 Å². The van der Waals surface area contributed by atoms with Gasteiger partial charge in [-0.1, -0.05) is 29.3 Å². The molecule has 2 rings (SSSR count). The molecule has 2 aromatic rings. The van der Waals surface area contributed by atoms with Crippen molar-refractivity contribution in [3.63, 3.8) is 0 Å². The van der Waals surface area contributed by atoms with Crippen LogP contribution in [0.5, 0.6) is 11.5 Å². The maximum atomic E-state index is 8.99. The van der Waals surface area contributed by atoms with Crippen LogP contribution in [0.15, 0.2) is 36.4 Å². The first-order valence-corrected chi connectivity index (χ1v) is 5.98. The molecular weight excluding hydrogens is 273 g/mol. The van der Waals surface area contributed by atoms with Crippen molar-refractivity contribution >= 4 is 28.9 Å². The summed E-state index contributed by atoms with van der Waals surface area (Å²) in [5.74, 6) is 0.959. The molecule has 0 atom stereocenters. The largest absolute Gasteiger partial charge is 0.454 e. The fraction of sp³-hybridized carbons (Fsp3) is 0.0769. The zero-order valence-corrected chi connectivity index (χ0v) is 10.9. The number of aliphatic hydroxyl groups excluding tert-OH is 1. The van der Waals surface area contributed by atoms with Crippen molar-refractivity contribution < 1.29 is 9.84 Å². The Balaban J connectivity index is 2.28. The number of benzene rings is 2. The lowest BCUT2D eigenvalue weighted by Gasteiger charge is -2.10. The van der Waals surface area contributed by atoms with Crippen molar-refractivity contribution in [1.29, 1.82) is 0 Å². The van der Waals surface area contributed by atoms with E-state index in [0.717, 1.165) is 5.56 Å². The SMILES string of the molecule is Nc1cc(CO)ccc1Oc1ccc(Cl)cc1Cl. The lowest BCUT2D eigenvalue weighted by Crippen LogP contribution is -1.94. The number of halogens is 2. The quantitative estimate of drug-likeness (QED) is 0.841. The molecule has 0 saturated carbocycles. The first-order chi connectivity index (χ1) is 8.60. The highest BCUT2D eigenvalue weighted by atomic mass is 35.5. The summed E-state index contributed by atoms with van der Waals surface area (Å²) in [6.45, 7) is -0.0633. The number of rotatable bonds is 3. The van der Waals surface area contributed by atoms with Crippen molar-refractivity contribution in [2.24, 2.45) is 0 Å². The molecule has 2 aromatic carbocycles. The Labute approximate surface area is 115 Å². The van der Waals surface area contributed by atoms with Crippen molar-refractivity contribution in [2.75, 3.05) is 5.73 Å². The molecule has 0 bridgehead atoms. The molecular formula is C13H11Cl2NO2. The molecule has 94 valence electrons. The molecule has 0 spiro atoms. The van der Waals surface area contributed by atoms with Crippen molar-refractivity contribution in [3.8, 4) is 11.5 Å². The number of anilines is 1. The van der Waals surface area contributed by atoms with Crippen molar-refractivity contribution in [2.45, 2.75) is 6.61 Å². The highest BCUT2D eigenvalue weighted by Gasteiger charge is 2.07. The van der Waals surface area contributed by atoms with E-state index in [9.17, 15) is 0 Å². The third-order valence-electron chi connectivity index (χ3n) is 2.37. The standard InChI is InChI=1S/C13H11Cl2NO2/c14-9-2-4-12(10(15)6-9)18-13-3-1-8(7-17)5-11(13)16/h1-6,17H,7,16H2. The Bertz CT molecular complexity index is 573. The van der Waals surface area contributed by atoms with Gasteiger partial charge in [-0.25, -0.2) is 0 Å². The van der Waals surface area contributed by atoms with Gasteiger partial charge in [0.25, 0.3) is 0 Å². The summed E-state index contributed by atoms with van der Waals surface area (Å²) in [6.07, 6.45) is 0. The molecule has 5 heteroatoms. The average molecular weight is 284 g/mol. The number of nitrogen functional groups attached to an aromatic ring is 1. The highest BCUT2D eigenvalue weighted by molar-refractivity contribution is 6.35. The molecule has 0 amide bonds. The molecule has 0 heterocycles. The first kappa shape index (κ1) is 13.0. The number of aliphatic hydroxyl groups is 1. The van der Waals surface area contributed by atoms with Gasteiger partial charge < -0.3 is 15.6 Å². The lowest BCUT2D eigenvalue weighted by molar-refractivity contribution is 0.282. The second-order valence-corrected chi connectivity index (χ2v) is 4.55. The maximum Gasteiger partial charge on any atom is 0.150 e. The average Bonchev–Trinajstić information content (AvgIpc) is 2.34. The molecule has 0 unspecified atom stereocenters. The molecule has 0 fully saturated rings. The molecule has 0 aliphatic carbocycles. The van der Waals surface area contributed by atoms with Crippen LogP contribution in [0.4, 0.5) is 5.69 Å². The van der Waals surface area contributed by atoms with Gasteiger partial charge in [0.2, 0.25) is 0 Å². The Morgan fingerprint density at radius 1 is 1.06 bits per heavy atom. The van der Waals surface area contributed by atoms with Crippen LogP contribution in [0.1, 0.15) is 5.56 Å². The molecule has 0 aliphatic rings. The van der Waals surface area contributed by atoms with Crippen LogP contribution in [-0.4, -0.2) is 5.11 Å². The minimum absolute atomic E-state index is 0.0633. The molecule has 0 aliphatic heterocycles. The third-order valence-corrected chi connectivity index (χ3v) is 2.90. The molecule has 0 aromatic heterocycles. The van der Waals surface area contributed by atoms with Crippen LogP contribution in [-0.2, 0) is 6.61 Å². The van der Waals surface area contributed by atoms with Gasteiger partial charge >= 0.3 is 0 Å². The van der Waals surface area contributed by atoms with Gasteiger partial charge in [0.15, 0.2) is 0 Å². The van der Waals surface area contributed by atoms with E-state index < -0.39 is 0 Å². The van der Waals surface area contributed by atoms with E-state index >= 15 is 0 Å². The van der Waals surface area contributed by atoms with Gasteiger partial charge in [-0.2, -0.15) is 0 Å². The summed E-state index contributed by atoms with van der Waals surface area (Å²) in [6, 6.07) is 10.0. The summed E-state index contributed by atoms with van der Waals surface area (Å²) in [5.41, 5.74) is 6.98. The van der Waals surface area contributed by atoms with Gasteiger partial charge in [0.05, 0.1) is 17.3 Å². The van der Waals surface area contributed by atoms with E-state index in [1.54, 1.807) is 36.4 Å². The van der Waals surface area contributed by atoms with Gasteiger partial charge in [0, 0.05) is 5.02 Å². The zero-order chi connectivity index (χ0) is 13.1. The van der Waals surface area contributed by atoms with E-state index in [4.69, 9.17) is 38.8 Å². The predicted octanol–water partition coefficient (Wildman–Crippen LogP) is 3.86. The molecule has 0 saturated heterocycles. The molecule has 3 nitrogen and oxygen atoms in total. The maximum absolute atomic E-state index is 8.99. The van der Waals surface area contributed by atoms with Crippen molar-refractivity contribution in [3.05, 3.63) is 52.0 Å². The van der Waals surface area contributed by atoms with Crippen LogP contribution in [0.3, 0.4) is 0 Å². The smallest absolute Gasteiger partial charge is 0.150 e. The van der Waals surface area contributed by atoms with Gasteiger partial charge in [-0.15, -0.1) is 0 Å². The lowest BCUT2D eigenvalue weighted by atomic mass is 10.2. The van der Waals surface area contributed by atoms with Gasteiger partial charge in [-0.3, -0.25) is 0 Å². The van der Waals surface area contributed by atoms with E-state index in [0.29, 0.717) is 27.2 Å². The van der Waals surface area contributed by atoms with Gasteiger partial charge in [0.1, 0.15) is 11.5 Å². The Morgan fingerprint density at radius 2 is 1.78 bits per heavy atom. The number of hydrogen-bond acceptors (Lipinski definition) is 3. The van der Waals surface area contributed by atoms with Gasteiger partial charge in [-0.05, 0) is 35.9 Å². The van der Waals surface area contributed by atoms with E-state index in [1.807, 2.05) is 0 Å². The second kappa shape index (κ2) is 5.48. The second-order valence-electron chi connectivity index (χ2n) is 3.71. The van der Waals surface area contributed by atoms with E-state index in [-0.39, 0.29) is 6.61 Å². The number of ether oxygens (including phenoxy) is 1. The Kier molecular flexibility index (Phi) is 3.97. The summed E-state index contributed by atoms with van der Waals surface area (Å²) in [4.78, 5) is 0. The first-order valence-electron chi connectivity index (χ1n) is 5.22. The minimum atomic E-state index is -0.0633. The van der Waals surface area contributed by atoms with Crippen LogP contribution >= 0.6 is 23.2 Å². The van der Waals surface area contributed by atoms with Crippen molar-refractivity contribution in [1.82, 2.24) is 0 Å². The van der Waals surface area contributed by atoms with E-state index in [1.165, 1.54) is 0 Å². The zero-order valence-electron chi connectivity index (χ0n) is 9.36. The van der Waals surface area contributed by atoms with Crippen LogP contribution in [0, 0.1) is 0 Å². The highest BCUT2D eigenvalue weighted by Crippen LogP contribution is 2.34. The number of hydrogen-bond donors (Lipinski definition) is 2. The Hall–Kier alpha value is -1.42. The molecule has 18 heavy (non-hydrogen) atoms. The fourth-order valence-electron chi connectivity index (χ4n) is 1.47. The molecule has 0 radical (unpaired) electrons. The van der Waals surface area contributed by atoms with E-state index in [2.05, 4.69) is 0 Å². The summed E-state index contributed by atoms with van der Waals surface area (Å²) < 4.78 is 5.60.